The summed E-state index contributed by atoms with van der Waals surface area (Å²) in [4.78, 5) is 0. The molecular weight excluding hydrogens is 393 g/mol. The van der Waals surface area contributed by atoms with Crippen molar-refractivity contribution < 1.29 is 9.47 Å². The van der Waals surface area contributed by atoms with Crippen molar-refractivity contribution >= 4 is 34.0 Å². The van der Waals surface area contributed by atoms with E-state index in [2.05, 4.69) is 35.6 Å². The van der Waals surface area contributed by atoms with Crippen LogP contribution in [0.3, 0.4) is 0 Å². The Morgan fingerprint density at radius 2 is 1.96 bits per heavy atom. The quantitative estimate of drug-likeness (QED) is 0.513. The van der Waals surface area contributed by atoms with Crippen LogP contribution in [0.4, 0.5) is 0 Å². The molecule has 1 heterocycles. The number of nitrogens with one attached hydrogen (secondary N) is 1. The summed E-state index contributed by atoms with van der Waals surface area (Å²) in [5.74, 6) is 0.865. The Kier molecular flexibility index (Phi) is 6.38. The Bertz CT molecular complexity index is 954. The minimum atomic E-state index is 0.312. The SMILES string of the molecule is Clc1ccc(COc2ccc3ccccc3c2CNC[C@@H]2CCCO2)c(Cl)c1. The van der Waals surface area contributed by atoms with E-state index >= 15 is 0 Å². The van der Waals surface area contributed by atoms with Crippen molar-refractivity contribution in [2.75, 3.05) is 13.2 Å². The van der Waals surface area contributed by atoms with E-state index in [1.54, 1.807) is 6.07 Å². The molecule has 0 aromatic heterocycles. The van der Waals surface area contributed by atoms with Crippen LogP contribution in [0.2, 0.25) is 10.0 Å². The molecule has 3 aromatic carbocycles. The van der Waals surface area contributed by atoms with E-state index in [1.165, 1.54) is 10.8 Å². The lowest BCUT2D eigenvalue weighted by molar-refractivity contribution is 0.110. The standard InChI is InChI=1S/C23H23Cl2NO2/c24-18-9-7-17(22(25)12-18)15-28-23-10-8-16-4-1-2-6-20(16)21(23)14-26-13-19-5-3-11-27-19/h1-2,4,6-10,12,19,26H,3,5,11,13-15H2/t19-/m0/s1. The van der Waals surface area contributed by atoms with Crippen molar-refractivity contribution in [1.82, 2.24) is 5.32 Å². The van der Waals surface area contributed by atoms with Gasteiger partial charge in [0.1, 0.15) is 12.4 Å². The third kappa shape index (κ3) is 4.61. The second-order valence-electron chi connectivity index (χ2n) is 7.05. The summed E-state index contributed by atoms with van der Waals surface area (Å²) < 4.78 is 11.9. The molecule has 0 amide bonds. The van der Waals surface area contributed by atoms with Crippen LogP contribution in [0.1, 0.15) is 24.0 Å². The zero-order valence-electron chi connectivity index (χ0n) is 15.6. The molecule has 146 valence electrons. The van der Waals surface area contributed by atoms with Crippen LogP contribution in [-0.4, -0.2) is 19.3 Å². The summed E-state index contributed by atoms with van der Waals surface area (Å²) in [5, 5.41) is 7.18. The highest BCUT2D eigenvalue weighted by atomic mass is 35.5. The lowest BCUT2D eigenvalue weighted by atomic mass is 10.0. The number of halogens is 2. The van der Waals surface area contributed by atoms with Crippen LogP contribution in [0.25, 0.3) is 10.8 Å². The summed E-state index contributed by atoms with van der Waals surface area (Å²) in [6.45, 7) is 2.85. The van der Waals surface area contributed by atoms with Crippen LogP contribution in [-0.2, 0) is 17.9 Å². The molecule has 1 fully saturated rings. The summed E-state index contributed by atoms with van der Waals surface area (Å²) in [6, 6.07) is 18.0. The molecule has 1 aliphatic heterocycles. The maximum Gasteiger partial charge on any atom is 0.124 e. The average Bonchev–Trinajstić information content (AvgIpc) is 3.21. The Morgan fingerprint density at radius 3 is 2.79 bits per heavy atom. The van der Waals surface area contributed by atoms with Gasteiger partial charge in [-0.1, -0.05) is 59.6 Å². The van der Waals surface area contributed by atoms with Gasteiger partial charge in [-0.2, -0.15) is 0 Å². The fourth-order valence-electron chi connectivity index (χ4n) is 3.59. The van der Waals surface area contributed by atoms with Gasteiger partial charge in [0.2, 0.25) is 0 Å². The third-order valence-corrected chi connectivity index (χ3v) is 5.68. The van der Waals surface area contributed by atoms with E-state index in [0.717, 1.165) is 49.4 Å². The molecule has 0 aliphatic carbocycles. The molecule has 1 atom stereocenters. The summed E-state index contributed by atoms with van der Waals surface area (Å²) in [5.41, 5.74) is 2.07. The number of benzene rings is 3. The normalized spacial score (nSPS) is 16.6. The molecule has 1 aliphatic rings. The van der Waals surface area contributed by atoms with E-state index in [4.69, 9.17) is 32.7 Å². The van der Waals surface area contributed by atoms with Gasteiger partial charge in [-0.3, -0.25) is 0 Å². The molecule has 4 rings (SSSR count). The number of ether oxygens (including phenoxy) is 2. The largest absolute Gasteiger partial charge is 0.488 e. The molecule has 1 saturated heterocycles. The van der Waals surface area contributed by atoms with Gasteiger partial charge < -0.3 is 14.8 Å². The smallest absolute Gasteiger partial charge is 0.124 e. The van der Waals surface area contributed by atoms with E-state index in [1.807, 2.05) is 18.2 Å². The number of hydrogen-bond donors (Lipinski definition) is 1. The molecule has 28 heavy (non-hydrogen) atoms. The Labute approximate surface area is 175 Å². The average molecular weight is 416 g/mol. The van der Waals surface area contributed by atoms with Gasteiger partial charge in [-0.05, 0) is 41.8 Å². The third-order valence-electron chi connectivity index (χ3n) is 5.09. The van der Waals surface area contributed by atoms with Crippen molar-refractivity contribution in [2.45, 2.75) is 32.1 Å². The first-order valence-corrected chi connectivity index (χ1v) is 10.4. The van der Waals surface area contributed by atoms with Crippen LogP contribution in [0.15, 0.2) is 54.6 Å². The van der Waals surface area contributed by atoms with Crippen LogP contribution < -0.4 is 10.1 Å². The Hall–Kier alpha value is -1.78. The molecular formula is C23H23Cl2NO2. The minimum Gasteiger partial charge on any atom is -0.488 e. The highest BCUT2D eigenvalue weighted by Crippen LogP contribution is 2.30. The van der Waals surface area contributed by atoms with Gasteiger partial charge in [-0.15, -0.1) is 0 Å². The molecule has 1 N–H and O–H groups in total. The van der Waals surface area contributed by atoms with Crippen molar-refractivity contribution in [1.29, 1.82) is 0 Å². The van der Waals surface area contributed by atoms with E-state index in [-0.39, 0.29) is 0 Å². The maximum absolute atomic E-state index is 6.30. The van der Waals surface area contributed by atoms with Gasteiger partial charge >= 0.3 is 0 Å². The van der Waals surface area contributed by atoms with E-state index in [0.29, 0.717) is 22.8 Å². The second-order valence-corrected chi connectivity index (χ2v) is 7.90. The van der Waals surface area contributed by atoms with Gasteiger partial charge in [0.05, 0.1) is 6.10 Å². The zero-order chi connectivity index (χ0) is 19.3. The number of fused-ring (bicyclic) bond motifs is 1. The topological polar surface area (TPSA) is 30.5 Å². The number of hydrogen-bond acceptors (Lipinski definition) is 3. The first-order chi connectivity index (χ1) is 13.7. The van der Waals surface area contributed by atoms with Crippen LogP contribution >= 0.6 is 23.2 Å². The fourth-order valence-corrected chi connectivity index (χ4v) is 4.05. The zero-order valence-corrected chi connectivity index (χ0v) is 17.1. The molecule has 3 aromatic rings. The monoisotopic (exact) mass is 415 g/mol. The summed E-state index contributed by atoms with van der Waals surface area (Å²) in [7, 11) is 0. The highest BCUT2D eigenvalue weighted by Gasteiger charge is 2.16. The van der Waals surface area contributed by atoms with Crippen molar-refractivity contribution in [3.05, 3.63) is 75.8 Å². The van der Waals surface area contributed by atoms with Gasteiger partial charge in [0, 0.05) is 40.9 Å². The summed E-state index contributed by atoms with van der Waals surface area (Å²) >= 11 is 12.3. The molecule has 0 bridgehead atoms. The van der Waals surface area contributed by atoms with Crippen LogP contribution in [0, 0.1) is 0 Å². The lowest BCUT2D eigenvalue weighted by Gasteiger charge is -2.17. The second kappa shape index (κ2) is 9.15. The van der Waals surface area contributed by atoms with Crippen LogP contribution in [0.5, 0.6) is 5.75 Å². The Balaban J connectivity index is 1.53. The lowest BCUT2D eigenvalue weighted by Crippen LogP contribution is -2.26. The van der Waals surface area contributed by atoms with Gasteiger partial charge in [0.15, 0.2) is 0 Å². The molecule has 5 heteroatoms. The van der Waals surface area contributed by atoms with Crippen molar-refractivity contribution in [2.24, 2.45) is 0 Å². The first kappa shape index (κ1) is 19.5. The minimum absolute atomic E-state index is 0.312. The van der Waals surface area contributed by atoms with Crippen molar-refractivity contribution in [3.63, 3.8) is 0 Å². The van der Waals surface area contributed by atoms with E-state index in [9.17, 15) is 0 Å². The fraction of sp³-hybridized carbons (Fsp3) is 0.304. The van der Waals surface area contributed by atoms with Crippen molar-refractivity contribution in [3.8, 4) is 5.75 Å². The highest BCUT2D eigenvalue weighted by molar-refractivity contribution is 6.35. The number of rotatable bonds is 7. The molecule has 0 radical (unpaired) electrons. The molecule has 3 nitrogen and oxygen atoms in total. The molecule has 0 unspecified atom stereocenters. The van der Waals surface area contributed by atoms with Gasteiger partial charge in [0.25, 0.3) is 0 Å². The maximum atomic E-state index is 6.30. The Morgan fingerprint density at radius 1 is 1.07 bits per heavy atom. The summed E-state index contributed by atoms with van der Waals surface area (Å²) in [6.07, 6.45) is 2.59. The predicted molar refractivity (Wildman–Crippen MR) is 115 cm³/mol. The van der Waals surface area contributed by atoms with E-state index < -0.39 is 0 Å². The molecule has 0 saturated carbocycles. The van der Waals surface area contributed by atoms with Gasteiger partial charge in [-0.25, -0.2) is 0 Å². The predicted octanol–water partition coefficient (Wildman–Crippen LogP) is 5.99. The molecule has 0 spiro atoms. The first-order valence-electron chi connectivity index (χ1n) is 9.60.